The Morgan fingerprint density at radius 1 is 1.35 bits per heavy atom. The maximum absolute atomic E-state index is 12.0. The van der Waals surface area contributed by atoms with E-state index in [0.29, 0.717) is 23.8 Å². The topological polar surface area (TPSA) is 55.6 Å². The van der Waals surface area contributed by atoms with Gasteiger partial charge in [-0.05, 0) is 50.3 Å². The van der Waals surface area contributed by atoms with Crippen molar-refractivity contribution in [2.24, 2.45) is 0 Å². The number of ether oxygens (including phenoxy) is 1. The number of hydrogen-bond acceptors (Lipinski definition) is 3. The van der Waals surface area contributed by atoms with Crippen LogP contribution >= 0.6 is 11.6 Å². The van der Waals surface area contributed by atoms with Crippen LogP contribution in [0.5, 0.6) is 0 Å². The first kappa shape index (κ1) is 15.0. The van der Waals surface area contributed by atoms with Crippen molar-refractivity contribution in [3.8, 4) is 0 Å². The molecule has 2 rings (SSSR count). The van der Waals surface area contributed by atoms with Crippen LogP contribution in [0.4, 0.5) is 10.5 Å². The lowest BCUT2D eigenvalue weighted by molar-refractivity contribution is 0.0763. The zero-order chi connectivity index (χ0) is 14.7. The standard InChI is InChI=1S/C15H21ClN2O2/c1-10(2)20-15(19)18-8-3-4-12-11(7-9-18)5-6-13(16)14(12)17/h5-6,10H,3-4,7-9,17H2,1-2H3. The summed E-state index contributed by atoms with van der Waals surface area (Å²) >= 11 is 6.07. The molecule has 0 atom stereocenters. The summed E-state index contributed by atoms with van der Waals surface area (Å²) < 4.78 is 5.26. The average molecular weight is 297 g/mol. The minimum Gasteiger partial charge on any atom is -0.447 e. The highest BCUT2D eigenvalue weighted by atomic mass is 35.5. The molecule has 1 heterocycles. The minimum atomic E-state index is -0.231. The van der Waals surface area contributed by atoms with Gasteiger partial charge in [-0.25, -0.2) is 4.79 Å². The summed E-state index contributed by atoms with van der Waals surface area (Å²) in [6.07, 6.45) is 2.17. The first-order valence-electron chi connectivity index (χ1n) is 7.00. The molecular weight excluding hydrogens is 276 g/mol. The average Bonchev–Trinajstić information content (AvgIpc) is 2.34. The number of carbonyl (C=O) groups is 1. The monoisotopic (exact) mass is 296 g/mol. The van der Waals surface area contributed by atoms with Crippen LogP contribution in [0.1, 0.15) is 31.4 Å². The van der Waals surface area contributed by atoms with Crippen LogP contribution < -0.4 is 5.73 Å². The molecule has 0 fully saturated rings. The van der Waals surface area contributed by atoms with Gasteiger partial charge in [0.2, 0.25) is 0 Å². The number of benzene rings is 1. The van der Waals surface area contributed by atoms with Crippen molar-refractivity contribution in [1.82, 2.24) is 4.90 Å². The number of fused-ring (bicyclic) bond motifs is 1. The van der Waals surface area contributed by atoms with Crippen LogP contribution in [-0.4, -0.2) is 30.2 Å². The number of amides is 1. The maximum Gasteiger partial charge on any atom is 0.410 e. The van der Waals surface area contributed by atoms with Crippen LogP contribution in [0, 0.1) is 0 Å². The first-order valence-corrected chi connectivity index (χ1v) is 7.38. The van der Waals surface area contributed by atoms with Crippen molar-refractivity contribution in [2.75, 3.05) is 18.8 Å². The minimum absolute atomic E-state index is 0.0883. The molecule has 0 bridgehead atoms. The summed E-state index contributed by atoms with van der Waals surface area (Å²) in [7, 11) is 0. The molecular formula is C15H21ClN2O2. The molecule has 2 N–H and O–H groups in total. The Hall–Kier alpha value is -1.42. The summed E-state index contributed by atoms with van der Waals surface area (Å²) in [5.41, 5.74) is 9.04. The lowest BCUT2D eigenvalue weighted by Crippen LogP contribution is -2.37. The number of anilines is 1. The van der Waals surface area contributed by atoms with Gasteiger partial charge in [-0.2, -0.15) is 0 Å². The fraction of sp³-hybridized carbons (Fsp3) is 0.533. The molecule has 0 radical (unpaired) electrons. The lowest BCUT2D eigenvalue weighted by atomic mass is 9.96. The third-order valence-corrected chi connectivity index (χ3v) is 3.83. The van der Waals surface area contributed by atoms with Crippen molar-refractivity contribution >= 4 is 23.4 Å². The number of nitrogen functional groups attached to an aromatic ring is 1. The molecule has 1 aromatic rings. The summed E-state index contributed by atoms with van der Waals surface area (Å²) in [4.78, 5) is 13.7. The zero-order valence-electron chi connectivity index (χ0n) is 12.0. The van der Waals surface area contributed by atoms with Gasteiger partial charge in [0.1, 0.15) is 0 Å². The second-order valence-electron chi connectivity index (χ2n) is 5.37. The molecule has 110 valence electrons. The van der Waals surface area contributed by atoms with Crippen LogP contribution in [0.3, 0.4) is 0 Å². The lowest BCUT2D eigenvalue weighted by Gasteiger charge is -2.26. The third kappa shape index (κ3) is 3.37. The van der Waals surface area contributed by atoms with Gasteiger partial charge >= 0.3 is 6.09 Å². The van der Waals surface area contributed by atoms with Crippen LogP contribution in [0.25, 0.3) is 0 Å². The van der Waals surface area contributed by atoms with Gasteiger partial charge < -0.3 is 15.4 Å². The Morgan fingerprint density at radius 2 is 2.10 bits per heavy atom. The van der Waals surface area contributed by atoms with E-state index in [1.807, 2.05) is 26.0 Å². The number of halogens is 1. The van der Waals surface area contributed by atoms with Gasteiger partial charge in [0.05, 0.1) is 16.8 Å². The van der Waals surface area contributed by atoms with Crippen molar-refractivity contribution in [3.05, 3.63) is 28.3 Å². The van der Waals surface area contributed by atoms with Crippen molar-refractivity contribution in [1.29, 1.82) is 0 Å². The fourth-order valence-electron chi connectivity index (χ4n) is 2.48. The van der Waals surface area contributed by atoms with Gasteiger partial charge in [-0.15, -0.1) is 0 Å². The number of carbonyl (C=O) groups excluding carboxylic acids is 1. The second-order valence-corrected chi connectivity index (χ2v) is 5.78. The molecule has 0 unspecified atom stereocenters. The second kappa shape index (κ2) is 6.35. The Bertz CT molecular complexity index is 503. The third-order valence-electron chi connectivity index (χ3n) is 3.50. The van der Waals surface area contributed by atoms with E-state index in [0.717, 1.165) is 24.8 Å². The molecule has 5 heteroatoms. The van der Waals surface area contributed by atoms with E-state index >= 15 is 0 Å². The highest BCUT2D eigenvalue weighted by molar-refractivity contribution is 6.33. The summed E-state index contributed by atoms with van der Waals surface area (Å²) in [6.45, 7) is 5.07. The Kier molecular flexibility index (Phi) is 4.76. The molecule has 0 saturated heterocycles. The first-order chi connectivity index (χ1) is 9.49. The molecule has 0 aromatic heterocycles. The Balaban J connectivity index is 2.12. The normalized spacial score (nSPS) is 15.5. The predicted molar refractivity (Wildman–Crippen MR) is 81.1 cm³/mol. The largest absolute Gasteiger partial charge is 0.447 e. The molecule has 0 saturated carbocycles. The molecule has 1 aliphatic rings. The van der Waals surface area contributed by atoms with Gasteiger partial charge in [0, 0.05) is 13.1 Å². The van der Waals surface area contributed by atoms with Crippen LogP contribution in [0.15, 0.2) is 12.1 Å². The van der Waals surface area contributed by atoms with Crippen molar-refractivity contribution in [2.45, 2.75) is 39.2 Å². The highest BCUT2D eigenvalue weighted by Gasteiger charge is 2.20. The summed E-state index contributed by atoms with van der Waals surface area (Å²) in [5.74, 6) is 0. The number of hydrogen-bond donors (Lipinski definition) is 1. The van der Waals surface area contributed by atoms with Crippen molar-refractivity contribution in [3.63, 3.8) is 0 Å². The smallest absolute Gasteiger partial charge is 0.410 e. The highest BCUT2D eigenvalue weighted by Crippen LogP contribution is 2.28. The molecule has 1 amide bonds. The molecule has 0 aliphatic carbocycles. The van der Waals surface area contributed by atoms with Gasteiger partial charge in [0.15, 0.2) is 0 Å². The number of nitrogens with zero attached hydrogens (tertiary/aromatic N) is 1. The number of rotatable bonds is 1. The molecule has 1 aliphatic heterocycles. The summed E-state index contributed by atoms with van der Waals surface area (Å²) in [6, 6.07) is 3.83. The molecule has 1 aromatic carbocycles. The van der Waals surface area contributed by atoms with Gasteiger partial charge in [-0.1, -0.05) is 17.7 Å². The van der Waals surface area contributed by atoms with Gasteiger partial charge in [0.25, 0.3) is 0 Å². The molecule has 20 heavy (non-hydrogen) atoms. The van der Waals surface area contributed by atoms with E-state index in [-0.39, 0.29) is 12.2 Å². The predicted octanol–water partition coefficient (Wildman–Crippen LogP) is 3.26. The van der Waals surface area contributed by atoms with E-state index in [2.05, 4.69) is 0 Å². The molecule has 0 spiro atoms. The van der Waals surface area contributed by atoms with E-state index in [9.17, 15) is 4.79 Å². The van der Waals surface area contributed by atoms with Crippen LogP contribution in [-0.2, 0) is 17.6 Å². The van der Waals surface area contributed by atoms with Crippen LogP contribution in [0.2, 0.25) is 5.02 Å². The van der Waals surface area contributed by atoms with E-state index in [4.69, 9.17) is 22.1 Å². The summed E-state index contributed by atoms with van der Waals surface area (Å²) in [5, 5.41) is 0.611. The van der Waals surface area contributed by atoms with E-state index < -0.39 is 0 Å². The van der Waals surface area contributed by atoms with E-state index in [1.165, 1.54) is 5.56 Å². The van der Waals surface area contributed by atoms with Gasteiger partial charge in [-0.3, -0.25) is 0 Å². The fourth-order valence-corrected chi connectivity index (χ4v) is 2.66. The Morgan fingerprint density at radius 3 is 2.80 bits per heavy atom. The number of nitrogens with two attached hydrogens (primary N) is 1. The van der Waals surface area contributed by atoms with E-state index in [1.54, 1.807) is 4.90 Å². The SMILES string of the molecule is CC(C)OC(=O)N1CCCc2c(ccc(Cl)c2N)CC1. The maximum atomic E-state index is 12.0. The molecule has 4 nitrogen and oxygen atoms in total. The van der Waals surface area contributed by atoms with Crippen molar-refractivity contribution < 1.29 is 9.53 Å². The zero-order valence-corrected chi connectivity index (χ0v) is 12.7. The quantitative estimate of drug-likeness (QED) is 0.809. The Labute approximate surface area is 124 Å².